The molecule has 24 heavy (non-hydrogen) atoms. The van der Waals surface area contributed by atoms with Gasteiger partial charge < -0.3 is 34.0 Å². The van der Waals surface area contributed by atoms with Crippen LogP contribution in [0.3, 0.4) is 0 Å². The van der Waals surface area contributed by atoms with Crippen molar-refractivity contribution >= 4 is 5.97 Å². The molecule has 0 aromatic carbocycles. The second-order valence-corrected chi connectivity index (χ2v) is 5.57. The van der Waals surface area contributed by atoms with E-state index in [-0.39, 0.29) is 12.8 Å². The Labute approximate surface area is 136 Å². The van der Waals surface area contributed by atoms with Crippen molar-refractivity contribution in [2.24, 2.45) is 0 Å². The number of carbonyl (C=O) groups is 1. The number of aliphatic hydroxyl groups excluding tert-OH is 3. The van der Waals surface area contributed by atoms with Gasteiger partial charge in [-0.1, -0.05) is 0 Å². The van der Waals surface area contributed by atoms with Crippen molar-refractivity contribution in [1.29, 1.82) is 0 Å². The van der Waals surface area contributed by atoms with Gasteiger partial charge in [-0.15, -0.1) is 0 Å². The van der Waals surface area contributed by atoms with Gasteiger partial charge in [0.2, 0.25) is 5.76 Å². The summed E-state index contributed by atoms with van der Waals surface area (Å²) in [6, 6.07) is 6.36. The number of hydrogen-bond donors (Lipinski definition) is 4. The summed E-state index contributed by atoms with van der Waals surface area (Å²) in [5.74, 6) is -2.33. The van der Waals surface area contributed by atoms with Crippen LogP contribution in [0.1, 0.15) is 11.5 Å². The molecule has 0 aliphatic carbocycles. The number of rotatable bonds is 6. The van der Waals surface area contributed by atoms with Crippen molar-refractivity contribution in [3.8, 4) is 0 Å². The van der Waals surface area contributed by atoms with Gasteiger partial charge in [0, 0.05) is 12.8 Å². The molecule has 128 valence electrons. The monoisotopic (exact) mass is 336 g/mol. The Morgan fingerprint density at radius 2 is 1.75 bits per heavy atom. The molecule has 0 saturated carbocycles. The molecule has 1 unspecified atom stereocenters. The molecule has 0 saturated heterocycles. The lowest BCUT2D eigenvalue weighted by molar-refractivity contribution is -0.172. The summed E-state index contributed by atoms with van der Waals surface area (Å²) in [7, 11) is 0. The van der Waals surface area contributed by atoms with Crippen LogP contribution in [0.15, 0.2) is 57.1 Å². The molecular weight excluding hydrogens is 320 g/mol. The highest BCUT2D eigenvalue weighted by atomic mass is 16.6. The molecule has 8 heteroatoms. The molecule has 0 bridgehead atoms. The summed E-state index contributed by atoms with van der Waals surface area (Å²) < 4.78 is 15.2. The Morgan fingerprint density at radius 3 is 2.25 bits per heavy atom. The van der Waals surface area contributed by atoms with E-state index in [4.69, 9.17) is 13.6 Å². The van der Waals surface area contributed by atoms with E-state index in [9.17, 15) is 25.2 Å². The van der Waals surface area contributed by atoms with Crippen molar-refractivity contribution < 1.29 is 38.8 Å². The highest BCUT2D eigenvalue weighted by molar-refractivity contribution is 5.89. The molecule has 0 fully saturated rings. The average Bonchev–Trinajstić information content (AvgIpc) is 3.28. The van der Waals surface area contributed by atoms with Crippen LogP contribution in [0.5, 0.6) is 0 Å². The lowest BCUT2D eigenvalue weighted by atomic mass is 9.83. The van der Waals surface area contributed by atoms with Gasteiger partial charge in [-0.05, 0) is 24.3 Å². The zero-order chi connectivity index (χ0) is 17.3. The van der Waals surface area contributed by atoms with Crippen LogP contribution in [0.2, 0.25) is 0 Å². The summed E-state index contributed by atoms with van der Waals surface area (Å²) in [5.41, 5.74) is -2.14. The highest BCUT2D eigenvalue weighted by Crippen LogP contribution is 2.34. The minimum Gasteiger partial charge on any atom is -0.505 e. The molecule has 3 heterocycles. The van der Waals surface area contributed by atoms with Gasteiger partial charge >= 0.3 is 5.97 Å². The maximum absolute atomic E-state index is 11.5. The van der Waals surface area contributed by atoms with Gasteiger partial charge in [0.25, 0.3) is 0 Å². The summed E-state index contributed by atoms with van der Waals surface area (Å²) in [6.45, 7) is 0. The van der Waals surface area contributed by atoms with E-state index < -0.39 is 35.3 Å². The summed E-state index contributed by atoms with van der Waals surface area (Å²) in [5, 5.41) is 41.0. The third kappa shape index (κ3) is 2.77. The Morgan fingerprint density at radius 1 is 1.12 bits per heavy atom. The van der Waals surface area contributed by atoms with Gasteiger partial charge in [-0.25, -0.2) is 4.79 Å². The van der Waals surface area contributed by atoms with Crippen molar-refractivity contribution in [2.45, 2.75) is 30.7 Å². The lowest BCUT2D eigenvalue weighted by Gasteiger charge is -2.35. The number of cyclic esters (lactones) is 1. The Hall–Kier alpha value is -2.71. The standard InChI is InChI=1S/C16H16O8/c17-11(7-9-3-1-5-22-9)16(21,8-10-4-2-6-23-10)14-12(18)13(19)15(20)24-14/h1-6,11,14,17-19,21H,7-8H2/t11?,14-,16-/m0/s1. The molecule has 3 atom stereocenters. The number of furan rings is 2. The van der Waals surface area contributed by atoms with Crippen molar-refractivity contribution in [1.82, 2.24) is 0 Å². The maximum Gasteiger partial charge on any atom is 0.378 e. The predicted octanol–water partition coefficient (Wildman–Crippen LogP) is 1.00. The third-order valence-electron chi connectivity index (χ3n) is 3.95. The third-order valence-corrected chi connectivity index (χ3v) is 3.95. The van der Waals surface area contributed by atoms with Crippen LogP contribution in [0, 0.1) is 0 Å². The Kier molecular flexibility index (Phi) is 4.08. The normalized spacial score (nSPS) is 21.6. The smallest absolute Gasteiger partial charge is 0.378 e. The highest BCUT2D eigenvalue weighted by Gasteiger charge is 2.53. The molecule has 0 amide bonds. The Balaban J connectivity index is 1.93. The van der Waals surface area contributed by atoms with Crippen LogP contribution >= 0.6 is 0 Å². The van der Waals surface area contributed by atoms with E-state index in [0.29, 0.717) is 11.5 Å². The minimum absolute atomic E-state index is 0.105. The van der Waals surface area contributed by atoms with Gasteiger partial charge in [0.05, 0.1) is 18.6 Å². The van der Waals surface area contributed by atoms with E-state index >= 15 is 0 Å². The zero-order valence-corrected chi connectivity index (χ0v) is 12.5. The quantitative estimate of drug-likeness (QED) is 0.574. The van der Waals surface area contributed by atoms with Crippen molar-refractivity contribution in [3.63, 3.8) is 0 Å². The maximum atomic E-state index is 11.5. The zero-order valence-electron chi connectivity index (χ0n) is 12.5. The minimum atomic E-state index is -2.14. The first-order chi connectivity index (χ1) is 11.4. The second kappa shape index (κ2) is 6.06. The fourth-order valence-electron chi connectivity index (χ4n) is 2.66. The number of aliphatic hydroxyl groups is 4. The van der Waals surface area contributed by atoms with Crippen LogP contribution in [0.4, 0.5) is 0 Å². The van der Waals surface area contributed by atoms with Crippen molar-refractivity contribution in [2.75, 3.05) is 0 Å². The molecular formula is C16H16O8. The van der Waals surface area contributed by atoms with E-state index in [0.717, 1.165) is 0 Å². The van der Waals surface area contributed by atoms with Gasteiger partial charge in [-0.3, -0.25) is 0 Å². The summed E-state index contributed by atoms with van der Waals surface area (Å²) in [6.07, 6.45) is -0.710. The van der Waals surface area contributed by atoms with Crippen LogP contribution < -0.4 is 0 Å². The number of carbonyl (C=O) groups excluding carboxylic acids is 1. The molecule has 0 spiro atoms. The molecule has 2 aromatic heterocycles. The van der Waals surface area contributed by atoms with E-state index in [2.05, 4.69) is 0 Å². The Bertz CT molecular complexity index is 730. The first-order valence-corrected chi connectivity index (χ1v) is 7.20. The van der Waals surface area contributed by atoms with E-state index in [1.165, 1.54) is 12.5 Å². The predicted molar refractivity (Wildman–Crippen MR) is 77.9 cm³/mol. The topological polar surface area (TPSA) is 134 Å². The van der Waals surface area contributed by atoms with Crippen molar-refractivity contribution in [3.05, 3.63) is 59.8 Å². The van der Waals surface area contributed by atoms with Crippen LogP contribution in [0.25, 0.3) is 0 Å². The molecule has 4 N–H and O–H groups in total. The summed E-state index contributed by atoms with van der Waals surface area (Å²) >= 11 is 0. The first-order valence-electron chi connectivity index (χ1n) is 7.20. The first kappa shape index (κ1) is 16.2. The van der Waals surface area contributed by atoms with Gasteiger partial charge in [-0.2, -0.15) is 0 Å². The second-order valence-electron chi connectivity index (χ2n) is 5.57. The number of ether oxygens (including phenoxy) is 1. The molecule has 1 aliphatic heterocycles. The van der Waals surface area contributed by atoms with E-state index in [1.54, 1.807) is 24.3 Å². The largest absolute Gasteiger partial charge is 0.505 e. The lowest BCUT2D eigenvalue weighted by Crippen LogP contribution is -2.55. The average molecular weight is 336 g/mol. The number of hydrogen-bond acceptors (Lipinski definition) is 8. The molecule has 1 aliphatic rings. The van der Waals surface area contributed by atoms with Crippen LogP contribution in [-0.2, 0) is 22.4 Å². The SMILES string of the molecule is O=C1O[C@H]([C@](O)(Cc2ccco2)C(O)Cc2ccco2)C(O)=C1O. The van der Waals surface area contributed by atoms with Crippen LogP contribution in [-0.4, -0.2) is 44.2 Å². The number of esters is 1. The summed E-state index contributed by atoms with van der Waals surface area (Å²) in [4.78, 5) is 11.5. The van der Waals surface area contributed by atoms with Gasteiger partial charge in [0.1, 0.15) is 17.1 Å². The fraction of sp³-hybridized carbons (Fsp3) is 0.312. The van der Waals surface area contributed by atoms with E-state index in [1.807, 2.05) is 0 Å². The molecule has 8 nitrogen and oxygen atoms in total. The molecule has 3 rings (SSSR count). The molecule has 2 aromatic rings. The van der Waals surface area contributed by atoms with Gasteiger partial charge in [0.15, 0.2) is 11.9 Å². The molecule has 0 radical (unpaired) electrons. The fourth-order valence-corrected chi connectivity index (χ4v) is 2.66.